The summed E-state index contributed by atoms with van der Waals surface area (Å²) in [6.07, 6.45) is 2.05. The Labute approximate surface area is 184 Å². The van der Waals surface area contributed by atoms with E-state index in [1.807, 2.05) is 25.7 Å². The molecule has 1 heterocycles. The van der Waals surface area contributed by atoms with Crippen LogP contribution in [-0.2, 0) is 14.3 Å². The summed E-state index contributed by atoms with van der Waals surface area (Å²) in [5.74, 6) is 0.785. The molecule has 0 aromatic heterocycles. The second-order valence-corrected chi connectivity index (χ2v) is 8.85. The Morgan fingerprint density at radius 3 is 2.57 bits per heavy atom. The number of carbonyl (C=O) groups excluding carboxylic acids is 2. The number of alkyl carbamates (subject to hydrolysis) is 1. The van der Waals surface area contributed by atoms with Crippen LogP contribution in [0.1, 0.15) is 46.5 Å². The summed E-state index contributed by atoms with van der Waals surface area (Å²) in [5, 5.41) is 3.44. The lowest BCUT2D eigenvalue weighted by molar-refractivity contribution is -0.137. The second kappa shape index (κ2) is 11.4. The lowest BCUT2D eigenvalue weighted by atomic mass is 9.98. The summed E-state index contributed by atoms with van der Waals surface area (Å²) in [4.78, 5) is 26.6. The van der Waals surface area contributed by atoms with Gasteiger partial charge in [0.25, 0.3) is 0 Å². The van der Waals surface area contributed by atoms with Crippen molar-refractivity contribution in [2.75, 3.05) is 26.8 Å². The molecule has 168 valence electrons. The van der Waals surface area contributed by atoms with Crippen LogP contribution >= 0.6 is 11.6 Å². The van der Waals surface area contributed by atoms with Crippen LogP contribution in [0.15, 0.2) is 24.3 Å². The van der Waals surface area contributed by atoms with Crippen molar-refractivity contribution >= 4 is 23.6 Å². The van der Waals surface area contributed by atoms with Crippen molar-refractivity contribution in [1.82, 2.24) is 10.2 Å². The number of nitrogens with zero attached hydrogens (tertiary/aromatic N) is 1. The van der Waals surface area contributed by atoms with Crippen LogP contribution in [0, 0.1) is 0 Å². The predicted octanol–water partition coefficient (Wildman–Crippen LogP) is 4.03. The summed E-state index contributed by atoms with van der Waals surface area (Å²) in [6, 6.07) is 7.02. The average molecular weight is 441 g/mol. The fraction of sp³-hybridized carbons (Fsp3) is 0.636. The number of nitrogens with one attached hydrogen (secondary N) is 1. The quantitative estimate of drug-likeness (QED) is 0.617. The maximum absolute atomic E-state index is 12.8. The van der Waals surface area contributed by atoms with Crippen molar-refractivity contribution in [3.8, 4) is 5.75 Å². The number of ether oxygens (including phenoxy) is 3. The van der Waals surface area contributed by atoms with Gasteiger partial charge in [-0.05, 0) is 64.3 Å². The predicted molar refractivity (Wildman–Crippen MR) is 116 cm³/mol. The third-order valence-electron chi connectivity index (χ3n) is 4.82. The highest BCUT2D eigenvalue weighted by atomic mass is 35.5. The average Bonchev–Trinajstić information content (AvgIpc) is 2.69. The molecule has 8 heteroatoms. The zero-order chi connectivity index (χ0) is 22.1. The van der Waals surface area contributed by atoms with Gasteiger partial charge < -0.3 is 24.4 Å². The smallest absolute Gasteiger partial charge is 0.407 e. The molecule has 1 aromatic rings. The topological polar surface area (TPSA) is 77.1 Å². The first kappa shape index (κ1) is 24.3. The summed E-state index contributed by atoms with van der Waals surface area (Å²) < 4.78 is 16.4. The van der Waals surface area contributed by atoms with E-state index in [2.05, 4.69) is 5.32 Å². The molecule has 2 amide bonds. The molecule has 1 saturated heterocycles. The summed E-state index contributed by atoms with van der Waals surface area (Å²) in [5.41, 5.74) is -0.564. The number of piperidine rings is 1. The Balaban J connectivity index is 1.82. The number of rotatable bonds is 8. The van der Waals surface area contributed by atoms with Crippen LogP contribution in [0.2, 0.25) is 5.02 Å². The van der Waals surface area contributed by atoms with Gasteiger partial charge in [-0.3, -0.25) is 4.79 Å². The Kier molecular flexibility index (Phi) is 9.24. The van der Waals surface area contributed by atoms with Crippen LogP contribution < -0.4 is 10.1 Å². The highest BCUT2D eigenvalue weighted by molar-refractivity contribution is 6.30. The molecule has 1 aliphatic rings. The fourth-order valence-corrected chi connectivity index (χ4v) is 3.48. The molecule has 1 aliphatic heterocycles. The van der Waals surface area contributed by atoms with E-state index >= 15 is 0 Å². The van der Waals surface area contributed by atoms with Crippen molar-refractivity contribution < 1.29 is 23.8 Å². The Bertz CT molecular complexity index is 690. The number of benzene rings is 1. The van der Waals surface area contributed by atoms with Gasteiger partial charge in [-0.1, -0.05) is 11.6 Å². The highest BCUT2D eigenvalue weighted by Gasteiger charge is 2.32. The maximum Gasteiger partial charge on any atom is 0.407 e. The van der Waals surface area contributed by atoms with Crippen LogP contribution in [0.5, 0.6) is 5.75 Å². The molecule has 1 N–H and O–H groups in total. The van der Waals surface area contributed by atoms with Crippen molar-refractivity contribution in [3.63, 3.8) is 0 Å². The van der Waals surface area contributed by atoms with Gasteiger partial charge >= 0.3 is 6.09 Å². The fourth-order valence-electron chi connectivity index (χ4n) is 3.35. The minimum absolute atomic E-state index is 0.0558. The van der Waals surface area contributed by atoms with Gasteiger partial charge in [-0.15, -0.1) is 0 Å². The molecule has 0 bridgehead atoms. The molecule has 30 heavy (non-hydrogen) atoms. The summed E-state index contributed by atoms with van der Waals surface area (Å²) in [7, 11) is 1.68. The number of likely N-dealkylation sites (tertiary alicyclic amines) is 1. The van der Waals surface area contributed by atoms with Crippen molar-refractivity contribution in [1.29, 1.82) is 0 Å². The SMILES string of the molecule is COC1CCN(C(=O)CCCOc2ccc(Cl)cc2)C(CNC(=O)OC(C)(C)C)C1. The van der Waals surface area contributed by atoms with E-state index in [0.29, 0.717) is 44.0 Å². The molecule has 1 aromatic carbocycles. The van der Waals surface area contributed by atoms with Crippen molar-refractivity contribution in [2.24, 2.45) is 0 Å². The van der Waals surface area contributed by atoms with Gasteiger partial charge in [-0.25, -0.2) is 4.79 Å². The third-order valence-corrected chi connectivity index (χ3v) is 5.07. The first-order chi connectivity index (χ1) is 14.2. The van der Waals surface area contributed by atoms with Gasteiger partial charge in [0.15, 0.2) is 0 Å². The number of carbonyl (C=O) groups is 2. The number of amides is 2. The molecular weight excluding hydrogens is 408 g/mol. The standard InChI is InChI=1S/C22H33ClN2O5/c1-22(2,3)30-21(27)24-15-17-14-19(28-4)11-12-25(17)20(26)6-5-13-29-18-9-7-16(23)8-10-18/h7-10,17,19H,5-6,11-15H2,1-4H3,(H,24,27). The number of methoxy groups -OCH3 is 1. The van der Waals surface area contributed by atoms with Crippen LogP contribution in [0.4, 0.5) is 4.79 Å². The van der Waals surface area contributed by atoms with E-state index in [1.54, 1.807) is 31.4 Å². The van der Waals surface area contributed by atoms with E-state index in [-0.39, 0.29) is 18.1 Å². The van der Waals surface area contributed by atoms with E-state index < -0.39 is 11.7 Å². The first-order valence-corrected chi connectivity index (χ1v) is 10.7. The molecule has 0 saturated carbocycles. The van der Waals surface area contributed by atoms with E-state index in [1.165, 1.54) is 0 Å². The van der Waals surface area contributed by atoms with Crippen molar-refractivity contribution in [3.05, 3.63) is 29.3 Å². The molecule has 7 nitrogen and oxygen atoms in total. The number of hydrogen-bond acceptors (Lipinski definition) is 5. The van der Waals surface area contributed by atoms with Crippen LogP contribution in [-0.4, -0.2) is 61.5 Å². The summed E-state index contributed by atoms with van der Waals surface area (Å²) >= 11 is 5.86. The Morgan fingerprint density at radius 1 is 1.23 bits per heavy atom. The van der Waals surface area contributed by atoms with Gasteiger partial charge in [0.1, 0.15) is 11.4 Å². The van der Waals surface area contributed by atoms with Gasteiger partial charge in [0.05, 0.1) is 18.8 Å². The molecule has 2 atom stereocenters. The molecule has 2 rings (SSSR count). The van der Waals surface area contributed by atoms with E-state index in [9.17, 15) is 9.59 Å². The van der Waals surface area contributed by atoms with Gasteiger partial charge in [0.2, 0.25) is 5.91 Å². The van der Waals surface area contributed by atoms with Gasteiger partial charge in [-0.2, -0.15) is 0 Å². The second-order valence-electron chi connectivity index (χ2n) is 8.41. The molecule has 0 radical (unpaired) electrons. The first-order valence-electron chi connectivity index (χ1n) is 10.4. The zero-order valence-electron chi connectivity index (χ0n) is 18.3. The Hall–Kier alpha value is -1.99. The summed E-state index contributed by atoms with van der Waals surface area (Å²) in [6.45, 7) is 6.84. The van der Waals surface area contributed by atoms with Gasteiger partial charge in [0, 0.05) is 31.6 Å². The normalized spacial score (nSPS) is 19.3. The number of hydrogen-bond donors (Lipinski definition) is 1. The largest absolute Gasteiger partial charge is 0.494 e. The highest BCUT2D eigenvalue weighted by Crippen LogP contribution is 2.21. The third kappa shape index (κ3) is 8.40. The zero-order valence-corrected chi connectivity index (χ0v) is 19.0. The van der Waals surface area contributed by atoms with E-state index in [4.69, 9.17) is 25.8 Å². The number of halogens is 1. The lowest BCUT2D eigenvalue weighted by Crippen LogP contribution is -2.53. The Morgan fingerprint density at radius 2 is 1.93 bits per heavy atom. The minimum Gasteiger partial charge on any atom is -0.494 e. The van der Waals surface area contributed by atoms with Crippen molar-refractivity contribution in [2.45, 2.75) is 64.2 Å². The molecule has 0 spiro atoms. The maximum atomic E-state index is 12.8. The molecule has 1 fully saturated rings. The monoisotopic (exact) mass is 440 g/mol. The van der Waals surface area contributed by atoms with Crippen LogP contribution in [0.3, 0.4) is 0 Å². The van der Waals surface area contributed by atoms with E-state index in [0.717, 1.165) is 12.2 Å². The molecule has 0 aliphatic carbocycles. The molecular formula is C22H33ClN2O5. The minimum atomic E-state index is -0.564. The lowest BCUT2D eigenvalue weighted by Gasteiger charge is -2.39. The van der Waals surface area contributed by atoms with Crippen LogP contribution in [0.25, 0.3) is 0 Å². The molecule has 2 unspecified atom stereocenters.